The van der Waals surface area contributed by atoms with Crippen LogP contribution in [0, 0.1) is 0 Å². The van der Waals surface area contributed by atoms with Crippen LogP contribution in [0.15, 0.2) is 62.9 Å². The predicted molar refractivity (Wildman–Crippen MR) is 91.1 cm³/mol. The van der Waals surface area contributed by atoms with Crippen LogP contribution < -0.4 is 10.4 Å². The number of nitrogens with zero attached hydrogens (tertiary/aromatic N) is 3. The average molecular weight is 342 g/mol. The highest BCUT2D eigenvalue weighted by atomic mass is 35.5. The van der Waals surface area contributed by atoms with E-state index in [4.69, 9.17) is 26.3 Å². The predicted octanol–water partition coefficient (Wildman–Crippen LogP) is 4.84. The van der Waals surface area contributed by atoms with Gasteiger partial charge in [-0.3, -0.25) is 0 Å². The van der Waals surface area contributed by atoms with E-state index in [-0.39, 0.29) is 6.54 Å². The molecule has 1 aromatic heterocycles. The largest absolute Gasteiger partial charge is 0.489 e. The molecule has 0 radical (unpaired) electrons. The van der Waals surface area contributed by atoms with Gasteiger partial charge < -0.3 is 9.15 Å². The third-order valence-corrected chi connectivity index (χ3v) is 3.61. The summed E-state index contributed by atoms with van der Waals surface area (Å²) in [4.78, 5) is 14.5. The van der Waals surface area contributed by atoms with E-state index in [1.165, 1.54) is 0 Å². The van der Waals surface area contributed by atoms with Gasteiger partial charge in [0, 0.05) is 27.0 Å². The molecule has 0 unspecified atom stereocenters. The summed E-state index contributed by atoms with van der Waals surface area (Å²) in [6.45, 7) is 0.313. The first-order valence-corrected chi connectivity index (χ1v) is 7.48. The third kappa shape index (κ3) is 3.68. The Morgan fingerprint density at radius 1 is 1.21 bits per heavy atom. The highest BCUT2D eigenvalue weighted by Crippen LogP contribution is 2.22. The summed E-state index contributed by atoms with van der Waals surface area (Å²) in [5, 5.41) is 4.76. The maximum Gasteiger partial charge on any atom is 0.339 e. The summed E-state index contributed by atoms with van der Waals surface area (Å²) in [5.74, 6) is 0.577. The van der Waals surface area contributed by atoms with Gasteiger partial charge >= 0.3 is 5.63 Å². The lowest BCUT2D eigenvalue weighted by atomic mass is 10.2. The summed E-state index contributed by atoms with van der Waals surface area (Å²) in [6.07, 6.45) is 0. The van der Waals surface area contributed by atoms with Crippen molar-refractivity contribution in [3.05, 3.63) is 85.5 Å². The fraction of sp³-hybridized carbons (Fsp3) is 0.118. The highest BCUT2D eigenvalue weighted by molar-refractivity contribution is 6.30. The number of rotatable bonds is 5. The Bertz CT molecular complexity index is 994. The van der Waals surface area contributed by atoms with E-state index in [1.54, 1.807) is 30.3 Å². The van der Waals surface area contributed by atoms with Crippen LogP contribution in [0.25, 0.3) is 21.4 Å². The molecule has 7 heteroatoms. The van der Waals surface area contributed by atoms with Gasteiger partial charge in [0.25, 0.3) is 0 Å². The van der Waals surface area contributed by atoms with Crippen LogP contribution in [-0.2, 0) is 13.2 Å². The van der Waals surface area contributed by atoms with Crippen molar-refractivity contribution in [3.63, 3.8) is 0 Å². The molecule has 0 bridgehead atoms. The molecule has 3 aromatic rings. The molecule has 0 saturated heterocycles. The van der Waals surface area contributed by atoms with Crippen molar-refractivity contribution in [2.45, 2.75) is 13.2 Å². The van der Waals surface area contributed by atoms with E-state index in [9.17, 15) is 4.79 Å². The van der Waals surface area contributed by atoms with Gasteiger partial charge in [-0.2, -0.15) is 0 Å². The van der Waals surface area contributed by atoms with Crippen LogP contribution in [0.5, 0.6) is 5.75 Å². The van der Waals surface area contributed by atoms with Gasteiger partial charge in [0.15, 0.2) is 0 Å². The fourth-order valence-corrected chi connectivity index (χ4v) is 2.45. The molecule has 0 fully saturated rings. The van der Waals surface area contributed by atoms with Crippen molar-refractivity contribution in [1.29, 1.82) is 0 Å². The molecule has 0 atom stereocenters. The maximum absolute atomic E-state index is 11.9. The van der Waals surface area contributed by atoms with Crippen molar-refractivity contribution >= 4 is 22.6 Å². The molecular weight excluding hydrogens is 330 g/mol. The van der Waals surface area contributed by atoms with Crippen LogP contribution in [0.1, 0.15) is 11.1 Å². The van der Waals surface area contributed by atoms with Crippen molar-refractivity contribution in [2.24, 2.45) is 5.11 Å². The van der Waals surface area contributed by atoms with E-state index in [1.807, 2.05) is 18.2 Å². The Kier molecular flexibility index (Phi) is 4.70. The van der Waals surface area contributed by atoms with E-state index in [2.05, 4.69) is 10.0 Å². The monoisotopic (exact) mass is 341 g/mol. The molecule has 120 valence electrons. The maximum atomic E-state index is 11.9. The van der Waals surface area contributed by atoms with Gasteiger partial charge in [0.2, 0.25) is 0 Å². The minimum Gasteiger partial charge on any atom is -0.489 e. The first kappa shape index (κ1) is 15.9. The second-order valence-corrected chi connectivity index (χ2v) is 5.50. The lowest BCUT2D eigenvalue weighted by Gasteiger charge is -2.07. The van der Waals surface area contributed by atoms with E-state index in [0.717, 1.165) is 10.9 Å². The second kappa shape index (κ2) is 7.08. The van der Waals surface area contributed by atoms with E-state index < -0.39 is 5.63 Å². The molecular formula is C17H12ClN3O3. The standard InChI is InChI=1S/C17H12ClN3O3/c18-14-3-1-2-11(6-14)10-23-15-5-4-12-7-13(9-20-21-19)17(22)24-16(12)8-15/h1-8H,9-10H2. The smallest absolute Gasteiger partial charge is 0.339 e. The van der Waals surface area contributed by atoms with Gasteiger partial charge in [-0.1, -0.05) is 28.8 Å². The summed E-state index contributed by atoms with van der Waals surface area (Å²) in [7, 11) is 0. The van der Waals surface area contributed by atoms with Crippen molar-refractivity contribution in [3.8, 4) is 5.75 Å². The van der Waals surface area contributed by atoms with E-state index in [0.29, 0.717) is 28.5 Å². The van der Waals surface area contributed by atoms with Crippen molar-refractivity contribution in [1.82, 2.24) is 0 Å². The molecule has 0 spiro atoms. The molecule has 24 heavy (non-hydrogen) atoms. The Balaban J connectivity index is 1.83. The van der Waals surface area contributed by atoms with E-state index >= 15 is 0 Å². The number of hydrogen-bond donors (Lipinski definition) is 0. The number of azide groups is 1. The van der Waals surface area contributed by atoms with Crippen LogP contribution in [0.3, 0.4) is 0 Å². The van der Waals surface area contributed by atoms with Gasteiger partial charge in [0.05, 0.1) is 6.54 Å². The third-order valence-electron chi connectivity index (χ3n) is 3.38. The zero-order valence-electron chi connectivity index (χ0n) is 12.5. The van der Waals surface area contributed by atoms with Crippen molar-refractivity contribution < 1.29 is 9.15 Å². The zero-order valence-corrected chi connectivity index (χ0v) is 13.2. The first-order valence-electron chi connectivity index (χ1n) is 7.10. The summed E-state index contributed by atoms with van der Waals surface area (Å²) in [5.41, 5.74) is 9.48. The zero-order chi connectivity index (χ0) is 16.9. The molecule has 0 N–H and O–H groups in total. The minimum atomic E-state index is -0.526. The molecule has 2 aromatic carbocycles. The van der Waals surface area contributed by atoms with Crippen LogP contribution in [-0.4, -0.2) is 0 Å². The quantitative estimate of drug-likeness (QED) is 0.288. The molecule has 0 aliphatic heterocycles. The number of benzene rings is 2. The van der Waals surface area contributed by atoms with Crippen LogP contribution in [0.4, 0.5) is 0 Å². The Labute approximate surface area is 141 Å². The SMILES string of the molecule is [N-]=[N+]=NCc1cc2ccc(OCc3cccc(Cl)c3)cc2oc1=O. The normalized spacial score (nSPS) is 10.4. The topological polar surface area (TPSA) is 88.2 Å². The lowest BCUT2D eigenvalue weighted by Crippen LogP contribution is -2.05. The molecule has 0 aliphatic rings. The Morgan fingerprint density at radius 2 is 2.08 bits per heavy atom. The number of ether oxygens (including phenoxy) is 1. The Hall–Kier alpha value is -2.95. The molecule has 6 nitrogen and oxygen atoms in total. The van der Waals surface area contributed by atoms with Crippen LogP contribution in [0.2, 0.25) is 5.02 Å². The molecule has 0 amide bonds. The number of fused-ring (bicyclic) bond motifs is 1. The summed E-state index contributed by atoms with van der Waals surface area (Å²) < 4.78 is 11.0. The second-order valence-electron chi connectivity index (χ2n) is 5.07. The fourth-order valence-electron chi connectivity index (χ4n) is 2.24. The molecule has 0 aliphatic carbocycles. The lowest BCUT2D eigenvalue weighted by molar-refractivity contribution is 0.306. The minimum absolute atomic E-state index is 0.0399. The van der Waals surface area contributed by atoms with Crippen LogP contribution >= 0.6 is 11.6 Å². The van der Waals surface area contributed by atoms with Crippen molar-refractivity contribution in [2.75, 3.05) is 0 Å². The van der Waals surface area contributed by atoms with Gasteiger partial charge in [-0.25, -0.2) is 4.79 Å². The number of hydrogen-bond acceptors (Lipinski definition) is 4. The van der Waals surface area contributed by atoms with Gasteiger partial charge in [-0.05, 0) is 41.4 Å². The first-order chi connectivity index (χ1) is 11.7. The molecule has 3 rings (SSSR count). The Morgan fingerprint density at radius 3 is 2.88 bits per heavy atom. The summed E-state index contributed by atoms with van der Waals surface area (Å²) >= 11 is 5.94. The highest BCUT2D eigenvalue weighted by Gasteiger charge is 2.06. The average Bonchev–Trinajstić information content (AvgIpc) is 2.58. The summed E-state index contributed by atoms with van der Waals surface area (Å²) in [6, 6.07) is 14.2. The molecule has 1 heterocycles. The number of halogens is 1. The van der Waals surface area contributed by atoms with Gasteiger partial charge in [-0.15, -0.1) is 0 Å². The van der Waals surface area contributed by atoms with Gasteiger partial charge in [0.1, 0.15) is 17.9 Å². The molecule has 0 saturated carbocycles.